The number of carbonyl (C=O) groups excluding carboxylic acids is 3. The number of carbonyl (C=O) groups is 3. The summed E-state index contributed by atoms with van der Waals surface area (Å²) in [4.78, 5) is 37.7. The zero-order chi connectivity index (χ0) is 19.4. The Bertz CT molecular complexity index is 910. The van der Waals surface area contributed by atoms with Gasteiger partial charge in [-0.1, -0.05) is 12.1 Å². The standard InChI is InChI=1S/C19H15FN2O4S/c20-14-5-1-12(2-6-14)11-16-18(25)22(19(26)27-16)10-9-21-17(24)13-3-7-15(23)8-4-13/h1-8,11,23H,9-10H2,(H,21,24)/b16-11-. The minimum Gasteiger partial charge on any atom is -0.508 e. The molecule has 0 atom stereocenters. The van der Waals surface area contributed by atoms with Gasteiger partial charge in [0, 0.05) is 18.7 Å². The zero-order valence-electron chi connectivity index (χ0n) is 14.0. The first-order valence-electron chi connectivity index (χ1n) is 8.02. The van der Waals surface area contributed by atoms with Gasteiger partial charge in [0.15, 0.2) is 0 Å². The molecule has 6 nitrogen and oxygen atoms in total. The molecule has 0 radical (unpaired) electrons. The summed E-state index contributed by atoms with van der Waals surface area (Å²) in [7, 11) is 0. The first kappa shape index (κ1) is 18.7. The van der Waals surface area contributed by atoms with E-state index < -0.39 is 11.1 Å². The second-order valence-electron chi connectivity index (χ2n) is 5.69. The van der Waals surface area contributed by atoms with Gasteiger partial charge in [0.2, 0.25) is 0 Å². The van der Waals surface area contributed by atoms with E-state index in [9.17, 15) is 23.9 Å². The van der Waals surface area contributed by atoms with Gasteiger partial charge in [-0.05, 0) is 59.8 Å². The van der Waals surface area contributed by atoms with E-state index in [4.69, 9.17) is 0 Å². The lowest BCUT2D eigenvalue weighted by molar-refractivity contribution is -0.122. The van der Waals surface area contributed by atoms with E-state index in [1.807, 2.05) is 0 Å². The summed E-state index contributed by atoms with van der Waals surface area (Å²) >= 11 is 0.802. The van der Waals surface area contributed by atoms with E-state index in [-0.39, 0.29) is 35.5 Å². The smallest absolute Gasteiger partial charge is 0.293 e. The van der Waals surface area contributed by atoms with Crippen molar-refractivity contribution < 1.29 is 23.9 Å². The zero-order valence-corrected chi connectivity index (χ0v) is 14.8. The topological polar surface area (TPSA) is 86.7 Å². The molecule has 0 bridgehead atoms. The van der Waals surface area contributed by atoms with Crippen molar-refractivity contribution in [1.82, 2.24) is 10.2 Å². The van der Waals surface area contributed by atoms with Gasteiger partial charge in [-0.3, -0.25) is 19.3 Å². The van der Waals surface area contributed by atoms with Gasteiger partial charge in [-0.2, -0.15) is 0 Å². The number of benzene rings is 2. The number of nitrogens with zero attached hydrogens (tertiary/aromatic N) is 1. The third-order valence-corrected chi connectivity index (χ3v) is 4.70. The highest BCUT2D eigenvalue weighted by molar-refractivity contribution is 8.18. The quantitative estimate of drug-likeness (QED) is 0.772. The Morgan fingerprint density at radius 2 is 1.78 bits per heavy atom. The fourth-order valence-electron chi connectivity index (χ4n) is 2.40. The lowest BCUT2D eigenvalue weighted by Crippen LogP contribution is -2.37. The molecule has 138 valence electrons. The first-order chi connectivity index (χ1) is 12.9. The summed E-state index contributed by atoms with van der Waals surface area (Å²) in [6, 6.07) is 11.3. The fraction of sp³-hybridized carbons (Fsp3) is 0.105. The molecule has 0 unspecified atom stereocenters. The molecule has 3 rings (SSSR count). The molecule has 3 amide bonds. The normalized spacial score (nSPS) is 15.4. The van der Waals surface area contributed by atoms with E-state index in [1.165, 1.54) is 54.6 Å². The van der Waals surface area contributed by atoms with Crippen molar-refractivity contribution in [3.8, 4) is 5.75 Å². The molecule has 1 fully saturated rings. The van der Waals surface area contributed by atoms with Crippen molar-refractivity contribution in [2.75, 3.05) is 13.1 Å². The van der Waals surface area contributed by atoms with Gasteiger partial charge in [0.05, 0.1) is 4.91 Å². The molecular formula is C19H15FN2O4S. The van der Waals surface area contributed by atoms with E-state index in [2.05, 4.69) is 5.32 Å². The van der Waals surface area contributed by atoms with Crippen LogP contribution in [0.2, 0.25) is 0 Å². The summed E-state index contributed by atoms with van der Waals surface area (Å²) in [5.74, 6) is -1.15. The Morgan fingerprint density at radius 3 is 2.44 bits per heavy atom. The number of phenolic OH excluding ortho intramolecular Hbond substituents is 1. The van der Waals surface area contributed by atoms with E-state index in [1.54, 1.807) is 0 Å². The maximum atomic E-state index is 12.9. The van der Waals surface area contributed by atoms with Crippen molar-refractivity contribution in [3.63, 3.8) is 0 Å². The number of rotatable bonds is 5. The van der Waals surface area contributed by atoms with Crippen molar-refractivity contribution in [2.45, 2.75) is 0 Å². The number of imide groups is 1. The van der Waals surface area contributed by atoms with E-state index >= 15 is 0 Å². The predicted octanol–water partition coefficient (Wildman–Crippen LogP) is 3.00. The lowest BCUT2D eigenvalue weighted by Gasteiger charge is -2.13. The second kappa shape index (κ2) is 8.05. The minimum atomic E-state index is -0.451. The molecule has 1 saturated heterocycles. The average Bonchev–Trinajstić information content (AvgIpc) is 2.91. The molecule has 1 aliphatic rings. The summed E-state index contributed by atoms with van der Waals surface area (Å²) in [5, 5.41) is 11.4. The molecule has 8 heteroatoms. The Hall–Kier alpha value is -3.13. The Morgan fingerprint density at radius 1 is 1.11 bits per heavy atom. The highest BCUT2D eigenvalue weighted by atomic mass is 32.2. The molecule has 0 spiro atoms. The van der Waals surface area contributed by atoms with Crippen LogP contribution in [-0.2, 0) is 4.79 Å². The molecule has 1 heterocycles. The molecule has 27 heavy (non-hydrogen) atoms. The van der Waals surface area contributed by atoms with Crippen molar-refractivity contribution >= 4 is 34.9 Å². The Kier molecular flexibility index (Phi) is 5.56. The van der Waals surface area contributed by atoms with E-state index in [0.29, 0.717) is 11.1 Å². The van der Waals surface area contributed by atoms with Crippen LogP contribution < -0.4 is 5.32 Å². The number of hydrogen-bond acceptors (Lipinski definition) is 5. The maximum Gasteiger partial charge on any atom is 0.293 e. The molecule has 1 aliphatic heterocycles. The van der Waals surface area contributed by atoms with Crippen LogP contribution in [0.4, 0.5) is 9.18 Å². The van der Waals surface area contributed by atoms with Crippen LogP contribution in [0.1, 0.15) is 15.9 Å². The predicted molar refractivity (Wildman–Crippen MR) is 99.5 cm³/mol. The summed E-state index contributed by atoms with van der Waals surface area (Å²) < 4.78 is 12.9. The molecule has 0 aromatic heterocycles. The van der Waals surface area contributed by atoms with Gasteiger partial charge in [0.25, 0.3) is 17.1 Å². The number of thioether (sulfide) groups is 1. The Labute approximate surface area is 158 Å². The first-order valence-corrected chi connectivity index (χ1v) is 8.84. The highest BCUT2D eigenvalue weighted by Crippen LogP contribution is 2.31. The maximum absolute atomic E-state index is 12.9. The largest absolute Gasteiger partial charge is 0.508 e. The van der Waals surface area contributed by atoms with Crippen LogP contribution in [0.25, 0.3) is 6.08 Å². The van der Waals surface area contributed by atoms with Crippen molar-refractivity contribution in [3.05, 3.63) is 70.4 Å². The SMILES string of the molecule is O=C(NCCN1C(=O)S/C(=C\c2ccc(F)cc2)C1=O)c1ccc(O)cc1. The van der Waals surface area contributed by atoms with Crippen LogP contribution in [-0.4, -0.2) is 40.1 Å². The number of nitrogens with one attached hydrogen (secondary N) is 1. The molecule has 2 aromatic rings. The third kappa shape index (κ3) is 4.53. The molecular weight excluding hydrogens is 371 g/mol. The molecule has 2 N–H and O–H groups in total. The summed E-state index contributed by atoms with van der Waals surface area (Å²) in [5.41, 5.74) is 0.973. The number of phenols is 1. The minimum absolute atomic E-state index is 0.0370. The van der Waals surface area contributed by atoms with Gasteiger partial charge in [-0.25, -0.2) is 4.39 Å². The Balaban J connectivity index is 1.58. The van der Waals surface area contributed by atoms with Crippen LogP contribution in [0.3, 0.4) is 0 Å². The van der Waals surface area contributed by atoms with Crippen LogP contribution in [0.5, 0.6) is 5.75 Å². The monoisotopic (exact) mass is 386 g/mol. The van der Waals surface area contributed by atoms with E-state index in [0.717, 1.165) is 16.7 Å². The van der Waals surface area contributed by atoms with Gasteiger partial charge >= 0.3 is 0 Å². The van der Waals surface area contributed by atoms with Crippen molar-refractivity contribution in [2.24, 2.45) is 0 Å². The average molecular weight is 386 g/mol. The number of amides is 3. The lowest BCUT2D eigenvalue weighted by atomic mass is 10.2. The molecule has 0 aliphatic carbocycles. The number of aromatic hydroxyl groups is 1. The van der Waals surface area contributed by atoms with Crippen LogP contribution in [0, 0.1) is 5.82 Å². The van der Waals surface area contributed by atoms with Crippen LogP contribution >= 0.6 is 11.8 Å². The fourth-order valence-corrected chi connectivity index (χ4v) is 3.26. The number of halogens is 1. The summed E-state index contributed by atoms with van der Waals surface area (Å²) in [6.07, 6.45) is 1.53. The molecule has 2 aromatic carbocycles. The summed E-state index contributed by atoms with van der Waals surface area (Å²) in [6.45, 7) is 0.136. The highest BCUT2D eigenvalue weighted by Gasteiger charge is 2.34. The van der Waals surface area contributed by atoms with Gasteiger partial charge < -0.3 is 10.4 Å². The molecule has 0 saturated carbocycles. The van der Waals surface area contributed by atoms with Crippen molar-refractivity contribution in [1.29, 1.82) is 0 Å². The second-order valence-corrected chi connectivity index (χ2v) is 6.68. The van der Waals surface area contributed by atoms with Gasteiger partial charge in [-0.15, -0.1) is 0 Å². The number of hydrogen-bond donors (Lipinski definition) is 2. The van der Waals surface area contributed by atoms with Crippen LogP contribution in [0.15, 0.2) is 53.4 Å². The third-order valence-electron chi connectivity index (χ3n) is 3.79. The van der Waals surface area contributed by atoms with Gasteiger partial charge in [0.1, 0.15) is 11.6 Å².